The monoisotopic (exact) mass is 749 g/mol. The summed E-state index contributed by atoms with van der Waals surface area (Å²) in [6, 6.07) is 14.4. The molecular weight excluding hydrogens is 712 g/mol. The van der Waals surface area contributed by atoms with Gasteiger partial charge >= 0.3 is 6.01 Å². The minimum absolute atomic E-state index is 0.00852. The van der Waals surface area contributed by atoms with Crippen molar-refractivity contribution in [1.82, 2.24) is 34.7 Å². The molecule has 3 aliphatic heterocycles. The molecule has 0 aliphatic carbocycles. The van der Waals surface area contributed by atoms with E-state index in [4.69, 9.17) is 21.3 Å². The van der Waals surface area contributed by atoms with Crippen LogP contribution in [0.4, 0.5) is 14.6 Å². The number of hydrogen-bond acceptors (Lipinski definition) is 10. The van der Waals surface area contributed by atoms with Crippen molar-refractivity contribution >= 4 is 51.1 Å². The van der Waals surface area contributed by atoms with Gasteiger partial charge in [0.15, 0.2) is 5.82 Å². The summed E-state index contributed by atoms with van der Waals surface area (Å²) in [6.07, 6.45) is 8.20. The summed E-state index contributed by atoms with van der Waals surface area (Å²) in [5, 5.41) is 12.1. The van der Waals surface area contributed by atoms with Crippen molar-refractivity contribution in [2.75, 3.05) is 44.2 Å². The summed E-state index contributed by atoms with van der Waals surface area (Å²) in [6.45, 7) is 4.14. The molecule has 14 heteroatoms. The number of ether oxygens (including phenoxy) is 1. The fourth-order valence-electron chi connectivity index (χ4n) is 8.20. The van der Waals surface area contributed by atoms with Crippen molar-refractivity contribution < 1.29 is 18.3 Å². The molecule has 0 bridgehead atoms. The number of fused-ring (bicyclic) bond motifs is 3. The molecule has 276 valence electrons. The summed E-state index contributed by atoms with van der Waals surface area (Å²) in [7, 11) is 0. The number of anilines is 1. The van der Waals surface area contributed by atoms with Crippen LogP contribution < -0.4 is 9.64 Å². The van der Waals surface area contributed by atoms with Crippen LogP contribution in [0.2, 0.25) is 5.02 Å². The lowest BCUT2D eigenvalue weighted by Crippen LogP contribution is -2.55. The second-order valence-corrected chi connectivity index (χ2v) is 14.5. The topological polar surface area (TPSA) is 124 Å². The zero-order valence-electron chi connectivity index (χ0n) is 29.8. The molecule has 0 unspecified atom stereocenters. The van der Waals surface area contributed by atoms with Crippen molar-refractivity contribution in [2.24, 2.45) is 0 Å². The van der Waals surface area contributed by atoms with E-state index in [1.165, 1.54) is 6.08 Å². The van der Waals surface area contributed by atoms with Crippen LogP contribution in [0.1, 0.15) is 44.1 Å². The average molecular weight is 750 g/mol. The summed E-state index contributed by atoms with van der Waals surface area (Å²) in [5.74, 6) is 0.132. The van der Waals surface area contributed by atoms with E-state index in [1.54, 1.807) is 41.6 Å². The Hall–Kier alpha value is -5.32. The normalized spacial score (nSPS) is 21.6. The van der Waals surface area contributed by atoms with Gasteiger partial charge in [0.2, 0.25) is 5.91 Å². The Morgan fingerprint density at radius 2 is 1.96 bits per heavy atom. The van der Waals surface area contributed by atoms with E-state index >= 15 is 4.39 Å². The van der Waals surface area contributed by atoms with Crippen LogP contribution in [-0.2, 0) is 11.2 Å². The molecule has 54 heavy (non-hydrogen) atoms. The fraction of sp³-hybridized carbons (Fsp3) is 0.375. The first-order valence-corrected chi connectivity index (χ1v) is 18.6. The number of amides is 1. The van der Waals surface area contributed by atoms with Crippen LogP contribution in [0.3, 0.4) is 0 Å². The highest BCUT2D eigenvalue weighted by molar-refractivity contribution is 6.36. The number of rotatable bonds is 9. The van der Waals surface area contributed by atoms with Gasteiger partial charge in [0.05, 0.1) is 35.2 Å². The molecule has 0 N–H and O–H groups in total. The van der Waals surface area contributed by atoms with E-state index in [0.717, 1.165) is 24.8 Å². The van der Waals surface area contributed by atoms with Crippen molar-refractivity contribution in [3.63, 3.8) is 0 Å². The van der Waals surface area contributed by atoms with Gasteiger partial charge in [0.1, 0.15) is 35.6 Å². The standard InChI is InChI=1S/C40H38ClF2N9O2/c1-2-32-45-16-13-27(47-32)10-11-33(53)52-19-18-50(23-28(52)12-15-44)38-30-21-46-36(29-8-3-6-25-7-4-9-31(41)34(25)29)35(43)37(30)48-39(49-38)54-24-40-14-5-17-51(40)22-26(42)20-40/h3-4,6-11,13,16,21,26,28H,2,5,12,14,17-20,22-24H2,1H3/b11-10+/t26-,28+,40+/m1/s1. The molecular formula is C40H38ClF2N9O2. The zero-order valence-corrected chi connectivity index (χ0v) is 30.5. The third kappa shape index (κ3) is 6.69. The Morgan fingerprint density at radius 3 is 2.80 bits per heavy atom. The maximum atomic E-state index is 16.9. The van der Waals surface area contributed by atoms with Gasteiger partial charge in [-0.1, -0.05) is 48.9 Å². The number of hydrogen-bond donors (Lipinski definition) is 0. The van der Waals surface area contributed by atoms with E-state index in [-0.39, 0.29) is 49.2 Å². The third-order valence-electron chi connectivity index (χ3n) is 10.8. The van der Waals surface area contributed by atoms with Gasteiger partial charge in [-0.3, -0.25) is 14.7 Å². The predicted octanol–water partition coefficient (Wildman–Crippen LogP) is 6.59. The molecule has 5 aromatic rings. The number of aryl methyl sites for hydroxylation is 1. The van der Waals surface area contributed by atoms with Crippen LogP contribution in [0.25, 0.3) is 39.0 Å². The highest BCUT2D eigenvalue weighted by Crippen LogP contribution is 2.41. The molecule has 3 aliphatic rings. The van der Waals surface area contributed by atoms with Gasteiger partial charge in [-0.2, -0.15) is 15.2 Å². The maximum Gasteiger partial charge on any atom is 0.319 e. The van der Waals surface area contributed by atoms with E-state index in [1.807, 2.05) is 36.1 Å². The molecule has 2 aromatic carbocycles. The van der Waals surface area contributed by atoms with Crippen molar-refractivity contribution in [1.29, 1.82) is 5.26 Å². The van der Waals surface area contributed by atoms with Crippen LogP contribution >= 0.6 is 11.6 Å². The molecule has 6 heterocycles. The van der Waals surface area contributed by atoms with Gasteiger partial charge in [-0.05, 0) is 43.0 Å². The van der Waals surface area contributed by atoms with Gasteiger partial charge in [-0.25, -0.2) is 18.7 Å². The Kier molecular flexibility index (Phi) is 9.81. The number of alkyl halides is 1. The summed E-state index contributed by atoms with van der Waals surface area (Å²) < 4.78 is 37.9. The SMILES string of the molecule is CCc1nccc(/C=C/C(=O)N2CCN(c3nc(OC[C@@]45CCCN4C[C@H](F)C5)nc4c(F)c(-c5cccc6cccc(Cl)c56)ncc34)C[C@@H]2CC#N)n1. The van der Waals surface area contributed by atoms with Crippen LogP contribution in [-0.4, -0.2) is 97.7 Å². The minimum atomic E-state index is -0.943. The molecule has 3 atom stereocenters. The summed E-state index contributed by atoms with van der Waals surface area (Å²) in [5.41, 5.74) is 0.746. The Morgan fingerprint density at radius 1 is 1.11 bits per heavy atom. The van der Waals surface area contributed by atoms with E-state index in [0.29, 0.717) is 64.6 Å². The molecule has 3 fully saturated rings. The minimum Gasteiger partial charge on any atom is -0.461 e. The second-order valence-electron chi connectivity index (χ2n) is 14.1. The number of halogens is 3. The molecule has 1 amide bonds. The predicted molar refractivity (Wildman–Crippen MR) is 202 cm³/mol. The van der Waals surface area contributed by atoms with E-state index in [2.05, 4.69) is 30.9 Å². The lowest BCUT2D eigenvalue weighted by atomic mass is 9.95. The number of piperazine rings is 1. The highest BCUT2D eigenvalue weighted by Gasteiger charge is 2.49. The van der Waals surface area contributed by atoms with E-state index < -0.39 is 23.6 Å². The lowest BCUT2D eigenvalue weighted by Gasteiger charge is -2.41. The fourth-order valence-corrected chi connectivity index (χ4v) is 8.49. The van der Waals surface area contributed by atoms with Crippen LogP contribution in [0.5, 0.6) is 6.01 Å². The van der Waals surface area contributed by atoms with Crippen LogP contribution in [0, 0.1) is 17.1 Å². The number of carbonyl (C=O) groups is 1. The molecule has 0 spiro atoms. The number of nitrogens with zero attached hydrogens (tertiary/aromatic N) is 9. The lowest BCUT2D eigenvalue weighted by molar-refractivity contribution is -0.128. The van der Waals surface area contributed by atoms with Crippen molar-refractivity contribution in [2.45, 2.75) is 56.8 Å². The number of benzene rings is 2. The number of nitriles is 1. The number of pyridine rings is 1. The van der Waals surface area contributed by atoms with Crippen molar-refractivity contribution in [3.8, 4) is 23.3 Å². The number of aromatic nitrogens is 5. The molecule has 11 nitrogen and oxygen atoms in total. The molecule has 0 saturated carbocycles. The maximum absolute atomic E-state index is 16.9. The first-order chi connectivity index (χ1) is 26.3. The average Bonchev–Trinajstić information content (AvgIpc) is 3.72. The first-order valence-electron chi connectivity index (χ1n) is 18.2. The Balaban J connectivity index is 1.15. The quantitative estimate of drug-likeness (QED) is 0.153. The largest absolute Gasteiger partial charge is 0.461 e. The Bertz CT molecular complexity index is 2310. The zero-order chi connectivity index (χ0) is 37.4. The molecule has 3 aromatic heterocycles. The smallest absolute Gasteiger partial charge is 0.319 e. The first kappa shape index (κ1) is 35.7. The molecule has 3 saturated heterocycles. The van der Waals surface area contributed by atoms with Gasteiger partial charge in [0.25, 0.3) is 0 Å². The van der Waals surface area contributed by atoms with Crippen molar-refractivity contribution in [3.05, 3.63) is 83.3 Å². The van der Waals surface area contributed by atoms with E-state index in [9.17, 15) is 14.4 Å². The van der Waals surface area contributed by atoms with Gasteiger partial charge in [0, 0.05) is 73.5 Å². The van der Waals surface area contributed by atoms with Gasteiger partial charge < -0.3 is 14.5 Å². The number of carbonyl (C=O) groups excluding carboxylic acids is 1. The third-order valence-corrected chi connectivity index (χ3v) is 11.1. The molecule has 8 rings (SSSR count). The second kappa shape index (κ2) is 14.8. The van der Waals surface area contributed by atoms with Gasteiger partial charge in [-0.15, -0.1) is 0 Å². The summed E-state index contributed by atoms with van der Waals surface area (Å²) in [4.78, 5) is 41.9. The van der Waals surface area contributed by atoms with Crippen LogP contribution in [0.15, 0.2) is 60.9 Å². The summed E-state index contributed by atoms with van der Waals surface area (Å²) >= 11 is 6.63. The Labute approximate surface area is 316 Å². The molecule has 0 radical (unpaired) electrons. The highest BCUT2D eigenvalue weighted by atomic mass is 35.5.